The number of carboxylic acid groups (broad SMARTS) is 1. The summed E-state index contributed by atoms with van der Waals surface area (Å²) in [6.07, 6.45) is -1.33. The topological polar surface area (TPSA) is 123 Å². The van der Waals surface area contributed by atoms with Crippen molar-refractivity contribution < 1.29 is 19.4 Å². The quantitative estimate of drug-likeness (QED) is 0.220. The minimum atomic E-state index is -1.33. The van der Waals surface area contributed by atoms with Gasteiger partial charge in [0.05, 0.1) is 17.7 Å². The molecule has 198 valence electrons. The molecule has 2 aromatic carbocycles. The third kappa shape index (κ3) is 4.93. The minimum absolute atomic E-state index is 0.278. The number of hydrogen-bond donors (Lipinski definition) is 2. The van der Waals surface area contributed by atoms with E-state index in [4.69, 9.17) is 29.8 Å². The molecule has 4 heterocycles. The number of carbonyl (C=O) groups is 1. The van der Waals surface area contributed by atoms with E-state index in [2.05, 4.69) is 15.0 Å². The van der Waals surface area contributed by atoms with E-state index in [1.165, 1.54) is 11.3 Å². The zero-order chi connectivity index (χ0) is 26.9. The van der Waals surface area contributed by atoms with Gasteiger partial charge in [0.2, 0.25) is 11.8 Å². The monoisotopic (exact) mass is 542 g/mol. The number of nitrogens with one attached hydrogen (secondary N) is 1. The van der Waals surface area contributed by atoms with Crippen LogP contribution in [0.1, 0.15) is 12.6 Å². The predicted octanol–water partition coefficient (Wildman–Crippen LogP) is 5.14. The summed E-state index contributed by atoms with van der Waals surface area (Å²) in [5.41, 5.74) is 4.50. The highest BCUT2D eigenvalue weighted by molar-refractivity contribution is 7.25. The van der Waals surface area contributed by atoms with Crippen LogP contribution < -0.4 is 19.7 Å². The van der Waals surface area contributed by atoms with Crippen LogP contribution >= 0.6 is 11.3 Å². The Bertz CT molecular complexity index is 1660. The van der Waals surface area contributed by atoms with Crippen LogP contribution in [0.2, 0.25) is 0 Å². The standard InChI is InChI=1S/C28H26N6O4S/c1-3-37-25-23-22(31-27(33-25)34-14-12-29-13-15-34)21-16(2)30-24(32-26(21)39-23)19-6-4-17(5-7-19)18-8-10-20(11-9-18)38-28(35)36/h4-11,29H,3,12-15H2,1-2H3,(H,35,36). The number of aromatic nitrogens is 4. The predicted molar refractivity (Wildman–Crippen MR) is 151 cm³/mol. The molecule has 0 amide bonds. The second-order valence-corrected chi connectivity index (χ2v) is 10.1. The van der Waals surface area contributed by atoms with Crippen molar-refractivity contribution in [1.82, 2.24) is 25.3 Å². The summed E-state index contributed by atoms with van der Waals surface area (Å²) in [6, 6.07) is 14.9. The van der Waals surface area contributed by atoms with Gasteiger partial charge in [0.25, 0.3) is 0 Å². The smallest absolute Gasteiger partial charge is 0.477 e. The largest absolute Gasteiger partial charge is 0.511 e. The van der Waals surface area contributed by atoms with Crippen LogP contribution in [-0.2, 0) is 0 Å². The van der Waals surface area contributed by atoms with Crippen LogP contribution in [0, 0.1) is 6.92 Å². The molecule has 0 saturated carbocycles. The highest BCUT2D eigenvalue weighted by atomic mass is 32.1. The molecule has 1 aliphatic rings. The summed E-state index contributed by atoms with van der Waals surface area (Å²) in [6.45, 7) is 7.93. The van der Waals surface area contributed by atoms with Gasteiger partial charge in [-0.2, -0.15) is 4.98 Å². The number of aryl methyl sites for hydroxylation is 1. The van der Waals surface area contributed by atoms with Crippen LogP contribution in [0.15, 0.2) is 48.5 Å². The Hall–Kier alpha value is -4.35. The van der Waals surface area contributed by atoms with E-state index in [9.17, 15) is 4.79 Å². The molecule has 5 aromatic rings. The molecule has 11 heteroatoms. The summed E-state index contributed by atoms with van der Waals surface area (Å²) in [7, 11) is 0. The fraction of sp³-hybridized carbons (Fsp3) is 0.250. The van der Waals surface area contributed by atoms with E-state index >= 15 is 0 Å². The molecule has 39 heavy (non-hydrogen) atoms. The average Bonchev–Trinajstić information content (AvgIpc) is 3.33. The first-order valence-corrected chi connectivity index (χ1v) is 13.5. The SMILES string of the molecule is CCOc1nc(N2CCNCC2)nc2c1sc1nc(-c3ccc(-c4ccc(OC(=O)O)cc4)cc3)nc(C)c12. The van der Waals surface area contributed by atoms with Crippen molar-refractivity contribution in [2.24, 2.45) is 0 Å². The van der Waals surface area contributed by atoms with Crippen molar-refractivity contribution >= 4 is 43.9 Å². The molecule has 1 fully saturated rings. The van der Waals surface area contributed by atoms with Crippen molar-refractivity contribution in [3.8, 4) is 34.1 Å². The molecule has 0 unspecified atom stereocenters. The molecule has 0 atom stereocenters. The first-order valence-electron chi connectivity index (χ1n) is 12.7. The number of thiophene rings is 1. The summed E-state index contributed by atoms with van der Waals surface area (Å²) in [5, 5.41) is 13.1. The average molecular weight is 543 g/mol. The molecule has 1 aliphatic heterocycles. The van der Waals surface area contributed by atoms with Gasteiger partial charge in [0, 0.05) is 31.7 Å². The molecule has 10 nitrogen and oxygen atoms in total. The maximum atomic E-state index is 10.7. The number of ether oxygens (including phenoxy) is 2. The number of hydrogen-bond acceptors (Lipinski definition) is 10. The Labute approximate surface area is 228 Å². The molecular formula is C28H26N6O4S. The molecule has 3 aromatic heterocycles. The molecule has 0 radical (unpaired) electrons. The highest BCUT2D eigenvalue weighted by Crippen LogP contribution is 2.39. The van der Waals surface area contributed by atoms with E-state index in [0.29, 0.717) is 24.3 Å². The van der Waals surface area contributed by atoms with Crippen molar-refractivity contribution in [2.45, 2.75) is 13.8 Å². The Morgan fingerprint density at radius 2 is 1.64 bits per heavy atom. The van der Waals surface area contributed by atoms with Crippen LogP contribution in [0.25, 0.3) is 42.9 Å². The van der Waals surface area contributed by atoms with Crippen LogP contribution in [0.3, 0.4) is 0 Å². The second-order valence-electron chi connectivity index (χ2n) is 9.06. The van der Waals surface area contributed by atoms with Crippen LogP contribution in [0.4, 0.5) is 10.7 Å². The lowest BCUT2D eigenvalue weighted by molar-refractivity contribution is 0.144. The van der Waals surface area contributed by atoms with Gasteiger partial charge in [-0.1, -0.05) is 36.4 Å². The lowest BCUT2D eigenvalue weighted by Crippen LogP contribution is -2.44. The minimum Gasteiger partial charge on any atom is -0.477 e. The third-order valence-corrected chi connectivity index (χ3v) is 7.59. The van der Waals surface area contributed by atoms with Gasteiger partial charge < -0.3 is 24.8 Å². The van der Waals surface area contributed by atoms with E-state index in [0.717, 1.165) is 69.0 Å². The van der Waals surface area contributed by atoms with Gasteiger partial charge >= 0.3 is 6.16 Å². The number of piperazine rings is 1. The number of rotatable bonds is 6. The number of anilines is 1. The van der Waals surface area contributed by atoms with Gasteiger partial charge in [0.1, 0.15) is 20.8 Å². The first-order chi connectivity index (χ1) is 19.0. The van der Waals surface area contributed by atoms with Crippen molar-refractivity contribution in [1.29, 1.82) is 0 Å². The molecular weight excluding hydrogens is 516 g/mol. The van der Waals surface area contributed by atoms with Gasteiger partial charge in [-0.25, -0.2) is 19.7 Å². The van der Waals surface area contributed by atoms with Gasteiger partial charge in [-0.15, -0.1) is 11.3 Å². The van der Waals surface area contributed by atoms with E-state index < -0.39 is 6.16 Å². The van der Waals surface area contributed by atoms with Crippen LogP contribution in [0.5, 0.6) is 11.6 Å². The molecule has 2 N–H and O–H groups in total. The molecule has 0 spiro atoms. The van der Waals surface area contributed by atoms with Gasteiger partial charge in [-0.05, 0) is 37.1 Å². The molecule has 0 aliphatic carbocycles. The first kappa shape index (κ1) is 25.0. The fourth-order valence-electron chi connectivity index (χ4n) is 4.67. The van der Waals surface area contributed by atoms with Crippen molar-refractivity contribution in [2.75, 3.05) is 37.7 Å². The van der Waals surface area contributed by atoms with E-state index in [1.54, 1.807) is 12.1 Å². The number of fused-ring (bicyclic) bond motifs is 3. The molecule has 6 rings (SSSR count). The Kier molecular flexibility index (Phi) is 6.67. The van der Waals surface area contributed by atoms with Gasteiger partial charge in [0.15, 0.2) is 5.82 Å². The normalized spacial score (nSPS) is 13.6. The third-order valence-electron chi connectivity index (χ3n) is 6.53. The van der Waals surface area contributed by atoms with E-state index in [-0.39, 0.29) is 5.75 Å². The van der Waals surface area contributed by atoms with E-state index in [1.807, 2.05) is 50.2 Å². The summed E-state index contributed by atoms with van der Waals surface area (Å²) in [5.74, 6) is 2.18. The lowest BCUT2D eigenvalue weighted by Gasteiger charge is -2.27. The lowest BCUT2D eigenvalue weighted by atomic mass is 10.0. The van der Waals surface area contributed by atoms with Gasteiger partial charge in [-0.3, -0.25) is 0 Å². The molecule has 1 saturated heterocycles. The maximum Gasteiger partial charge on any atom is 0.511 e. The zero-order valence-electron chi connectivity index (χ0n) is 21.5. The zero-order valence-corrected chi connectivity index (χ0v) is 22.3. The number of nitrogens with zero attached hydrogens (tertiary/aromatic N) is 5. The highest BCUT2D eigenvalue weighted by Gasteiger charge is 2.22. The summed E-state index contributed by atoms with van der Waals surface area (Å²) in [4.78, 5) is 33.2. The Morgan fingerprint density at radius 3 is 2.31 bits per heavy atom. The van der Waals surface area contributed by atoms with Crippen molar-refractivity contribution in [3.63, 3.8) is 0 Å². The summed E-state index contributed by atoms with van der Waals surface area (Å²) >= 11 is 1.53. The maximum absolute atomic E-state index is 10.7. The number of benzene rings is 2. The van der Waals surface area contributed by atoms with Crippen molar-refractivity contribution in [3.05, 3.63) is 54.2 Å². The second kappa shape index (κ2) is 10.4. The summed E-state index contributed by atoms with van der Waals surface area (Å²) < 4.78 is 11.5. The van der Waals surface area contributed by atoms with Crippen LogP contribution in [-0.4, -0.2) is 64.0 Å². The fourth-order valence-corrected chi connectivity index (χ4v) is 5.78. The molecule has 0 bridgehead atoms. The Balaban J connectivity index is 1.36. The Morgan fingerprint density at radius 1 is 0.974 bits per heavy atom.